The average Bonchev–Trinajstić information content (AvgIpc) is 2.13. The lowest BCUT2D eigenvalue weighted by molar-refractivity contribution is -0.159. The van der Waals surface area contributed by atoms with Crippen molar-refractivity contribution in [1.29, 1.82) is 5.26 Å². The molecule has 5 heteroatoms. The molecule has 13 heavy (non-hydrogen) atoms. The molecule has 0 radical (unpaired) electrons. The van der Waals surface area contributed by atoms with Crippen molar-refractivity contribution in [1.82, 2.24) is 4.90 Å². The van der Waals surface area contributed by atoms with Crippen molar-refractivity contribution < 1.29 is 14.3 Å². The first-order valence-electron chi connectivity index (χ1n) is 3.92. The second-order valence-corrected chi connectivity index (χ2v) is 2.36. The zero-order valence-corrected chi connectivity index (χ0v) is 7.74. The van der Waals surface area contributed by atoms with Crippen LogP contribution in [0, 0.1) is 11.3 Å². The van der Waals surface area contributed by atoms with Gasteiger partial charge in [-0.2, -0.15) is 5.26 Å². The predicted molar refractivity (Wildman–Crippen MR) is 44.5 cm³/mol. The number of likely N-dealkylation sites (N-methyl/N-ethyl adjacent to an activating group) is 1. The van der Waals surface area contributed by atoms with E-state index < -0.39 is 11.9 Å². The highest BCUT2D eigenvalue weighted by Crippen LogP contribution is 1.90. The standard InChI is InChI=1S/C8H12N2O3/c1-3-13-8(12)7(11)10(2)6-4-5-9/h3-4,6H2,1-2H3. The highest BCUT2D eigenvalue weighted by Gasteiger charge is 2.18. The van der Waals surface area contributed by atoms with Crippen LogP contribution in [0.4, 0.5) is 0 Å². The molecule has 0 aliphatic carbocycles. The van der Waals surface area contributed by atoms with Crippen LogP contribution >= 0.6 is 0 Å². The lowest BCUT2D eigenvalue weighted by Crippen LogP contribution is -2.35. The maximum atomic E-state index is 11.1. The maximum absolute atomic E-state index is 11.1. The zero-order valence-electron chi connectivity index (χ0n) is 7.74. The Bertz CT molecular complexity index is 232. The van der Waals surface area contributed by atoms with Crippen LogP contribution < -0.4 is 0 Å². The minimum Gasteiger partial charge on any atom is -0.459 e. The molecule has 0 spiro atoms. The number of nitriles is 1. The summed E-state index contributed by atoms with van der Waals surface area (Å²) in [6.45, 7) is 2.05. The van der Waals surface area contributed by atoms with Crippen molar-refractivity contribution in [3.8, 4) is 6.07 Å². The zero-order chi connectivity index (χ0) is 10.3. The molecule has 0 aliphatic rings. The molecule has 0 saturated heterocycles. The molecule has 0 atom stereocenters. The molecule has 5 nitrogen and oxygen atoms in total. The largest absolute Gasteiger partial charge is 0.459 e. The molecule has 0 unspecified atom stereocenters. The molecule has 0 saturated carbocycles. The van der Waals surface area contributed by atoms with Crippen LogP contribution in [0.25, 0.3) is 0 Å². The summed E-state index contributed by atoms with van der Waals surface area (Å²) in [6, 6.07) is 1.88. The van der Waals surface area contributed by atoms with E-state index in [1.807, 2.05) is 6.07 Å². The third-order valence-corrected chi connectivity index (χ3v) is 1.36. The molecule has 0 fully saturated rings. The van der Waals surface area contributed by atoms with E-state index in [-0.39, 0.29) is 19.6 Å². The SMILES string of the molecule is CCOC(=O)C(=O)N(C)CCC#N. The van der Waals surface area contributed by atoms with Crippen LogP contribution in [0.15, 0.2) is 0 Å². The van der Waals surface area contributed by atoms with Gasteiger partial charge in [-0.1, -0.05) is 0 Å². The summed E-state index contributed by atoms with van der Waals surface area (Å²) in [7, 11) is 1.45. The molecular formula is C8H12N2O3. The van der Waals surface area contributed by atoms with Gasteiger partial charge in [-0.3, -0.25) is 4.79 Å². The van der Waals surface area contributed by atoms with Gasteiger partial charge in [0.25, 0.3) is 0 Å². The lowest BCUT2D eigenvalue weighted by atomic mass is 10.4. The first-order valence-corrected chi connectivity index (χ1v) is 3.92. The Kier molecular flexibility index (Phi) is 5.28. The molecule has 0 aliphatic heterocycles. The molecule has 0 heterocycles. The van der Waals surface area contributed by atoms with E-state index in [4.69, 9.17) is 5.26 Å². The van der Waals surface area contributed by atoms with Crippen molar-refractivity contribution in [3.05, 3.63) is 0 Å². The smallest absolute Gasteiger partial charge is 0.396 e. The fourth-order valence-corrected chi connectivity index (χ4v) is 0.668. The monoisotopic (exact) mass is 184 g/mol. The van der Waals surface area contributed by atoms with Crippen molar-refractivity contribution in [2.24, 2.45) is 0 Å². The summed E-state index contributed by atoms with van der Waals surface area (Å²) < 4.78 is 4.49. The quantitative estimate of drug-likeness (QED) is 0.454. The number of nitrogens with zero attached hydrogens (tertiary/aromatic N) is 2. The summed E-state index contributed by atoms with van der Waals surface area (Å²) >= 11 is 0. The number of rotatable bonds is 3. The summed E-state index contributed by atoms with van der Waals surface area (Å²) in [5, 5.41) is 8.23. The van der Waals surface area contributed by atoms with Crippen LogP contribution in [0.1, 0.15) is 13.3 Å². The Balaban J connectivity index is 3.95. The van der Waals surface area contributed by atoms with E-state index in [1.165, 1.54) is 11.9 Å². The van der Waals surface area contributed by atoms with Gasteiger partial charge in [0, 0.05) is 13.6 Å². The summed E-state index contributed by atoms with van der Waals surface area (Å²) in [5.41, 5.74) is 0. The molecule has 0 aromatic carbocycles. The van der Waals surface area contributed by atoms with Gasteiger partial charge < -0.3 is 9.64 Å². The minimum atomic E-state index is -0.872. The van der Waals surface area contributed by atoms with Gasteiger partial charge in [-0.05, 0) is 6.92 Å². The minimum absolute atomic E-state index is 0.177. The molecule has 0 rings (SSSR count). The lowest BCUT2D eigenvalue weighted by Gasteiger charge is -2.13. The number of esters is 1. The van der Waals surface area contributed by atoms with Gasteiger partial charge in [0.1, 0.15) is 0 Å². The Labute approximate surface area is 76.9 Å². The second kappa shape index (κ2) is 6.00. The van der Waals surface area contributed by atoms with E-state index in [0.717, 1.165) is 0 Å². The molecule has 72 valence electrons. The van der Waals surface area contributed by atoms with E-state index in [9.17, 15) is 9.59 Å². The summed E-state index contributed by atoms with van der Waals surface area (Å²) in [5.74, 6) is -1.58. The van der Waals surface area contributed by atoms with Gasteiger partial charge in [-0.25, -0.2) is 4.79 Å². The van der Waals surface area contributed by atoms with Gasteiger partial charge in [0.05, 0.1) is 19.1 Å². The van der Waals surface area contributed by atoms with E-state index in [2.05, 4.69) is 4.74 Å². The Hall–Kier alpha value is -1.57. The van der Waals surface area contributed by atoms with Crippen molar-refractivity contribution in [2.45, 2.75) is 13.3 Å². The fourth-order valence-electron chi connectivity index (χ4n) is 0.668. The van der Waals surface area contributed by atoms with Crippen molar-refractivity contribution in [3.63, 3.8) is 0 Å². The third kappa shape index (κ3) is 4.11. The van der Waals surface area contributed by atoms with E-state index in [0.29, 0.717) is 0 Å². The molecule has 0 aromatic heterocycles. The highest BCUT2D eigenvalue weighted by molar-refractivity contribution is 6.32. The molecule has 0 bridgehead atoms. The normalized spacial score (nSPS) is 8.69. The second-order valence-electron chi connectivity index (χ2n) is 2.36. The highest BCUT2D eigenvalue weighted by atomic mass is 16.5. The number of carbonyl (C=O) groups excluding carboxylic acids is 2. The van der Waals surface area contributed by atoms with Crippen LogP contribution in [0.5, 0.6) is 0 Å². The first-order chi connectivity index (χ1) is 6.13. The molecular weight excluding hydrogens is 172 g/mol. The Morgan fingerprint density at radius 1 is 1.54 bits per heavy atom. The number of carbonyl (C=O) groups is 2. The number of amides is 1. The molecule has 1 amide bonds. The van der Waals surface area contributed by atoms with Gasteiger partial charge in [-0.15, -0.1) is 0 Å². The van der Waals surface area contributed by atoms with Crippen LogP contribution in [-0.4, -0.2) is 37.0 Å². The first kappa shape index (κ1) is 11.4. The van der Waals surface area contributed by atoms with Crippen LogP contribution in [0.2, 0.25) is 0 Å². The third-order valence-electron chi connectivity index (χ3n) is 1.36. The van der Waals surface area contributed by atoms with Crippen molar-refractivity contribution >= 4 is 11.9 Å². The van der Waals surface area contributed by atoms with Crippen LogP contribution in [-0.2, 0) is 14.3 Å². The average molecular weight is 184 g/mol. The van der Waals surface area contributed by atoms with Gasteiger partial charge >= 0.3 is 11.9 Å². The maximum Gasteiger partial charge on any atom is 0.396 e. The van der Waals surface area contributed by atoms with E-state index in [1.54, 1.807) is 6.92 Å². The number of hydrogen-bond acceptors (Lipinski definition) is 4. The number of ether oxygens (including phenoxy) is 1. The van der Waals surface area contributed by atoms with Crippen LogP contribution in [0.3, 0.4) is 0 Å². The Morgan fingerprint density at radius 2 is 2.15 bits per heavy atom. The number of hydrogen-bond donors (Lipinski definition) is 0. The fraction of sp³-hybridized carbons (Fsp3) is 0.625. The van der Waals surface area contributed by atoms with Gasteiger partial charge in [0.15, 0.2) is 0 Å². The topological polar surface area (TPSA) is 70.4 Å². The molecule has 0 aromatic rings. The van der Waals surface area contributed by atoms with Crippen molar-refractivity contribution in [2.75, 3.05) is 20.2 Å². The predicted octanol–water partition coefficient (Wildman–Crippen LogP) is -0.0784. The summed E-state index contributed by atoms with van der Waals surface area (Å²) in [6.07, 6.45) is 0.210. The van der Waals surface area contributed by atoms with E-state index >= 15 is 0 Å². The van der Waals surface area contributed by atoms with Gasteiger partial charge in [0.2, 0.25) is 0 Å². The molecule has 0 N–H and O–H groups in total. The summed E-state index contributed by atoms with van der Waals surface area (Å²) in [4.78, 5) is 23.1. The Morgan fingerprint density at radius 3 is 2.62 bits per heavy atom.